The van der Waals surface area contributed by atoms with Gasteiger partial charge in [0.2, 0.25) is 11.7 Å². The molecule has 0 aliphatic carbocycles. The van der Waals surface area contributed by atoms with Crippen LogP contribution in [0.4, 0.5) is 0 Å². The van der Waals surface area contributed by atoms with Gasteiger partial charge in [0.05, 0.1) is 6.10 Å². The van der Waals surface area contributed by atoms with E-state index in [-0.39, 0.29) is 12.5 Å². The molecule has 0 aliphatic heterocycles. The van der Waals surface area contributed by atoms with Crippen molar-refractivity contribution in [3.8, 4) is 5.75 Å². The molecule has 102 valence electrons. The lowest BCUT2D eigenvalue weighted by molar-refractivity contribution is 0.199. The Bertz CT molecular complexity index is 518. The normalized spacial score (nSPS) is 12.7. The quantitative estimate of drug-likeness (QED) is 0.897. The first kappa shape index (κ1) is 13.5. The highest BCUT2D eigenvalue weighted by atomic mass is 16.5. The average Bonchev–Trinajstić information content (AvgIpc) is 2.86. The van der Waals surface area contributed by atoms with Gasteiger partial charge in [0.1, 0.15) is 5.75 Å². The number of benzene rings is 1. The molecule has 1 aromatic carbocycles. The molecule has 0 unspecified atom stereocenters. The van der Waals surface area contributed by atoms with Crippen molar-refractivity contribution in [2.75, 3.05) is 0 Å². The largest absolute Gasteiger partial charge is 0.485 e. The Labute approximate surface area is 112 Å². The third-order valence-corrected chi connectivity index (χ3v) is 2.71. The summed E-state index contributed by atoms with van der Waals surface area (Å²) in [7, 11) is 0. The Kier molecular flexibility index (Phi) is 4.16. The molecule has 2 aromatic rings. The number of aliphatic hydroxyl groups excluding tert-OH is 1. The molecule has 0 aliphatic rings. The van der Waals surface area contributed by atoms with E-state index in [4.69, 9.17) is 9.26 Å². The highest BCUT2D eigenvalue weighted by Crippen LogP contribution is 2.18. The lowest BCUT2D eigenvalue weighted by Crippen LogP contribution is -1.98. The summed E-state index contributed by atoms with van der Waals surface area (Å²) in [4.78, 5) is 4.23. The zero-order valence-corrected chi connectivity index (χ0v) is 11.3. The first-order valence-corrected chi connectivity index (χ1v) is 6.29. The van der Waals surface area contributed by atoms with E-state index in [1.54, 1.807) is 6.92 Å². The molecule has 0 saturated carbocycles. The number of nitrogens with zero attached hydrogens (tertiary/aromatic N) is 2. The first-order valence-electron chi connectivity index (χ1n) is 6.29. The Morgan fingerprint density at radius 2 is 1.89 bits per heavy atom. The minimum absolute atomic E-state index is 0.214. The second kappa shape index (κ2) is 5.84. The summed E-state index contributed by atoms with van der Waals surface area (Å²) in [6.07, 6.45) is -0.472. The number of aromatic nitrogens is 2. The minimum Gasteiger partial charge on any atom is -0.485 e. The predicted octanol–water partition coefficient (Wildman–Crippen LogP) is 2.83. The van der Waals surface area contributed by atoms with Crippen LogP contribution >= 0.6 is 0 Å². The van der Waals surface area contributed by atoms with Crippen molar-refractivity contribution in [2.45, 2.75) is 39.4 Å². The summed E-state index contributed by atoms with van der Waals surface area (Å²) in [6, 6.07) is 7.28. The van der Waals surface area contributed by atoms with Crippen molar-refractivity contribution >= 4 is 0 Å². The van der Waals surface area contributed by atoms with E-state index in [0.717, 1.165) is 5.56 Å². The third-order valence-electron chi connectivity index (χ3n) is 2.71. The summed E-state index contributed by atoms with van der Waals surface area (Å²) in [5, 5.41) is 13.3. The van der Waals surface area contributed by atoms with E-state index in [9.17, 15) is 5.11 Å². The van der Waals surface area contributed by atoms with Crippen LogP contribution < -0.4 is 4.74 Å². The maximum Gasteiger partial charge on any atom is 0.229 e. The van der Waals surface area contributed by atoms with E-state index in [2.05, 4.69) is 10.1 Å². The molecule has 0 radical (unpaired) electrons. The lowest BCUT2D eigenvalue weighted by Gasteiger charge is -2.06. The molecule has 1 aromatic heterocycles. The van der Waals surface area contributed by atoms with Gasteiger partial charge in [0.25, 0.3) is 0 Å². The Hall–Kier alpha value is -1.88. The van der Waals surface area contributed by atoms with Crippen LogP contribution in [0.5, 0.6) is 5.75 Å². The zero-order valence-electron chi connectivity index (χ0n) is 11.3. The second-order valence-electron chi connectivity index (χ2n) is 4.74. The molecular weight excluding hydrogens is 244 g/mol. The zero-order chi connectivity index (χ0) is 13.8. The summed E-state index contributed by atoms with van der Waals surface area (Å²) < 4.78 is 10.6. The molecule has 0 spiro atoms. The van der Waals surface area contributed by atoms with Crippen molar-refractivity contribution in [1.29, 1.82) is 0 Å². The summed E-state index contributed by atoms with van der Waals surface area (Å²) in [5.41, 5.74) is 0.856. The molecule has 0 saturated heterocycles. The molecule has 2 rings (SSSR count). The van der Waals surface area contributed by atoms with E-state index < -0.39 is 6.10 Å². The van der Waals surface area contributed by atoms with Crippen LogP contribution in [-0.2, 0) is 6.61 Å². The topological polar surface area (TPSA) is 68.4 Å². The SMILES string of the molecule is CC(C)c1nc(COc2ccc([C@H](C)O)cc2)no1. The molecule has 0 amide bonds. The molecule has 5 heteroatoms. The monoisotopic (exact) mass is 262 g/mol. The van der Waals surface area contributed by atoms with E-state index >= 15 is 0 Å². The van der Waals surface area contributed by atoms with Crippen molar-refractivity contribution in [1.82, 2.24) is 10.1 Å². The third kappa shape index (κ3) is 3.54. The van der Waals surface area contributed by atoms with Crippen LogP contribution in [-0.4, -0.2) is 15.2 Å². The van der Waals surface area contributed by atoms with Crippen molar-refractivity contribution in [3.05, 3.63) is 41.5 Å². The van der Waals surface area contributed by atoms with Gasteiger partial charge in [-0.15, -0.1) is 0 Å². The van der Waals surface area contributed by atoms with Crippen molar-refractivity contribution in [3.63, 3.8) is 0 Å². The summed E-state index contributed by atoms with van der Waals surface area (Å²) in [6.45, 7) is 5.98. The number of hydrogen-bond donors (Lipinski definition) is 1. The van der Waals surface area contributed by atoms with E-state index in [1.807, 2.05) is 38.1 Å². The smallest absolute Gasteiger partial charge is 0.229 e. The summed E-state index contributed by atoms with van der Waals surface area (Å²) in [5.74, 6) is 2.07. The fourth-order valence-electron chi connectivity index (χ4n) is 1.55. The number of ether oxygens (including phenoxy) is 1. The molecule has 1 heterocycles. The lowest BCUT2D eigenvalue weighted by atomic mass is 10.1. The van der Waals surface area contributed by atoms with Gasteiger partial charge in [-0.2, -0.15) is 4.98 Å². The van der Waals surface area contributed by atoms with Gasteiger partial charge < -0.3 is 14.4 Å². The highest BCUT2D eigenvalue weighted by Gasteiger charge is 2.10. The van der Waals surface area contributed by atoms with Crippen LogP contribution in [0.1, 0.15) is 50.1 Å². The minimum atomic E-state index is -0.472. The van der Waals surface area contributed by atoms with E-state index in [1.165, 1.54) is 0 Å². The standard InChI is InChI=1S/C14H18N2O3/c1-9(2)14-15-13(16-19-14)8-18-12-6-4-11(5-7-12)10(3)17/h4-7,9-10,17H,8H2,1-3H3/t10-/m0/s1. The molecule has 19 heavy (non-hydrogen) atoms. The number of aliphatic hydroxyl groups is 1. The van der Waals surface area contributed by atoms with E-state index in [0.29, 0.717) is 17.5 Å². The van der Waals surface area contributed by atoms with Gasteiger partial charge in [0.15, 0.2) is 6.61 Å². The van der Waals surface area contributed by atoms with Crippen molar-refractivity contribution < 1.29 is 14.4 Å². The summed E-state index contributed by atoms with van der Waals surface area (Å²) >= 11 is 0. The van der Waals surface area contributed by atoms with Gasteiger partial charge in [0, 0.05) is 5.92 Å². The number of rotatable bonds is 5. The van der Waals surface area contributed by atoms with Crippen LogP contribution in [0.25, 0.3) is 0 Å². The Morgan fingerprint density at radius 1 is 1.21 bits per heavy atom. The fraction of sp³-hybridized carbons (Fsp3) is 0.429. The van der Waals surface area contributed by atoms with Gasteiger partial charge in [-0.3, -0.25) is 0 Å². The molecular formula is C14H18N2O3. The fourth-order valence-corrected chi connectivity index (χ4v) is 1.55. The van der Waals surface area contributed by atoms with Crippen LogP contribution in [0.2, 0.25) is 0 Å². The second-order valence-corrected chi connectivity index (χ2v) is 4.74. The van der Waals surface area contributed by atoms with Crippen LogP contribution in [0.15, 0.2) is 28.8 Å². The van der Waals surface area contributed by atoms with Gasteiger partial charge in [-0.05, 0) is 24.6 Å². The van der Waals surface area contributed by atoms with Crippen molar-refractivity contribution in [2.24, 2.45) is 0 Å². The first-order chi connectivity index (χ1) is 9.06. The predicted molar refractivity (Wildman–Crippen MR) is 69.8 cm³/mol. The average molecular weight is 262 g/mol. The number of hydrogen-bond acceptors (Lipinski definition) is 5. The molecule has 1 atom stereocenters. The maximum atomic E-state index is 9.40. The molecule has 0 fully saturated rings. The Morgan fingerprint density at radius 3 is 2.42 bits per heavy atom. The molecule has 1 N–H and O–H groups in total. The van der Waals surface area contributed by atoms with Crippen LogP contribution in [0.3, 0.4) is 0 Å². The van der Waals surface area contributed by atoms with Crippen LogP contribution in [0, 0.1) is 0 Å². The van der Waals surface area contributed by atoms with Gasteiger partial charge >= 0.3 is 0 Å². The molecule has 0 bridgehead atoms. The van der Waals surface area contributed by atoms with Gasteiger partial charge in [-0.1, -0.05) is 31.1 Å². The molecule has 5 nitrogen and oxygen atoms in total. The van der Waals surface area contributed by atoms with Gasteiger partial charge in [-0.25, -0.2) is 0 Å². The Balaban J connectivity index is 1.94. The highest BCUT2D eigenvalue weighted by molar-refractivity contribution is 5.28. The maximum absolute atomic E-state index is 9.40.